The normalized spacial score (nSPS) is 10.2. The molecule has 0 saturated heterocycles. The Kier molecular flexibility index (Phi) is 6.86. The molecule has 3 nitrogen and oxygen atoms in total. The van der Waals surface area contributed by atoms with Gasteiger partial charge in [-0.15, -0.1) is 0 Å². The summed E-state index contributed by atoms with van der Waals surface area (Å²) in [6, 6.07) is 7.27. The van der Waals surface area contributed by atoms with Gasteiger partial charge in [0.2, 0.25) is 0 Å². The monoisotopic (exact) mass is 262 g/mol. The second-order valence-corrected chi connectivity index (χ2v) is 4.64. The van der Waals surface area contributed by atoms with E-state index < -0.39 is 0 Å². The van der Waals surface area contributed by atoms with Gasteiger partial charge in [0.05, 0.1) is 6.61 Å². The molecule has 0 atom stereocenters. The van der Waals surface area contributed by atoms with Crippen molar-refractivity contribution >= 4 is 11.6 Å². The summed E-state index contributed by atoms with van der Waals surface area (Å²) in [6.45, 7) is 4.16. The number of unbranched alkanes of at least 4 members (excludes halogenated alkanes) is 2. The average molecular weight is 262 g/mol. The van der Waals surface area contributed by atoms with Gasteiger partial charge in [0.15, 0.2) is 5.78 Å². The molecule has 0 aromatic heterocycles. The standard InChI is InChI=1S/C16H22O3/c1-3-19-15-11-9-14(10-12-15)16(18)8-6-4-5-7-13(2)17/h9-12H,3-8H2,1-2H3. The van der Waals surface area contributed by atoms with Crippen molar-refractivity contribution in [2.24, 2.45) is 0 Å². The molecule has 1 aromatic rings. The zero-order valence-electron chi connectivity index (χ0n) is 11.8. The molecule has 0 bridgehead atoms. The Morgan fingerprint density at radius 3 is 2.21 bits per heavy atom. The highest BCUT2D eigenvalue weighted by Gasteiger charge is 2.05. The Morgan fingerprint density at radius 2 is 1.63 bits per heavy atom. The minimum Gasteiger partial charge on any atom is -0.494 e. The third kappa shape index (κ3) is 6.18. The van der Waals surface area contributed by atoms with Crippen LogP contribution in [-0.4, -0.2) is 18.2 Å². The first-order chi connectivity index (χ1) is 9.13. The summed E-state index contributed by atoms with van der Waals surface area (Å²) in [6.07, 6.45) is 3.83. The van der Waals surface area contributed by atoms with Crippen LogP contribution in [0.1, 0.15) is 56.3 Å². The number of carbonyl (C=O) groups excluding carboxylic acids is 2. The van der Waals surface area contributed by atoms with Crippen LogP contribution in [0.4, 0.5) is 0 Å². The van der Waals surface area contributed by atoms with Crippen LogP contribution in [0.25, 0.3) is 0 Å². The summed E-state index contributed by atoms with van der Waals surface area (Å²) >= 11 is 0. The molecule has 104 valence electrons. The van der Waals surface area contributed by atoms with Gasteiger partial charge in [-0.1, -0.05) is 6.42 Å². The number of Topliss-reactive ketones (excluding diaryl/α,β-unsaturated/α-hetero) is 2. The molecule has 0 saturated carbocycles. The molecule has 0 radical (unpaired) electrons. The van der Waals surface area contributed by atoms with Crippen LogP contribution in [-0.2, 0) is 4.79 Å². The fraction of sp³-hybridized carbons (Fsp3) is 0.500. The van der Waals surface area contributed by atoms with Gasteiger partial charge in [-0.25, -0.2) is 0 Å². The van der Waals surface area contributed by atoms with Gasteiger partial charge in [0.1, 0.15) is 11.5 Å². The summed E-state index contributed by atoms with van der Waals surface area (Å²) in [5, 5.41) is 0. The Balaban J connectivity index is 2.30. The lowest BCUT2D eigenvalue weighted by atomic mass is 10.0. The summed E-state index contributed by atoms with van der Waals surface area (Å²) in [5.74, 6) is 1.17. The van der Waals surface area contributed by atoms with E-state index in [4.69, 9.17) is 4.74 Å². The van der Waals surface area contributed by atoms with Gasteiger partial charge in [0.25, 0.3) is 0 Å². The summed E-state index contributed by atoms with van der Waals surface area (Å²) in [5.41, 5.74) is 0.732. The maximum Gasteiger partial charge on any atom is 0.162 e. The molecular weight excluding hydrogens is 240 g/mol. The zero-order chi connectivity index (χ0) is 14.1. The summed E-state index contributed by atoms with van der Waals surface area (Å²) < 4.78 is 5.33. The average Bonchev–Trinajstić information content (AvgIpc) is 2.39. The maximum absolute atomic E-state index is 11.9. The van der Waals surface area contributed by atoms with Gasteiger partial charge in [-0.2, -0.15) is 0 Å². The summed E-state index contributed by atoms with van der Waals surface area (Å²) in [4.78, 5) is 22.7. The second kappa shape index (κ2) is 8.46. The zero-order valence-corrected chi connectivity index (χ0v) is 11.8. The molecule has 19 heavy (non-hydrogen) atoms. The van der Waals surface area contributed by atoms with Crippen molar-refractivity contribution in [3.63, 3.8) is 0 Å². The molecule has 0 spiro atoms. The van der Waals surface area contributed by atoms with E-state index in [-0.39, 0.29) is 11.6 Å². The lowest BCUT2D eigenvalue weighted by molar-refractivity contribution is -0.117. The SMILES string of the molecule is CCOc1ccc(C(=O)CCCCCC(C)=O)cc1. The number of carbonyl (C=O) groups is 2. The minimum atomic E-state index is 0.158. The molecule has 0 aliphatic rings. The highest BCUT2D eigenvalue weighted by molar-refractivity contribution is 5.96. The van der Waals surface area contributed by atoms with Crippen LogP contribution in [0.2, 0.25) is 0 Å². The Morgan fingerprint density at radius 1 is 1.00 bits per heavy atom. The van der Waals surface area contributed by atoms with Gasteiger partial charge in [0, 0.05) is 18.4 Å². The topological polar surface area (TPSA) is 43.4 Å². The van der Waals surface area contributed by atoms with Crippen molar-refractivity contribution < 1.29 is 14.3 Å². The first kappa shape index (κ1) is 15.4. The van der Waals surface area contributed by atoms with Crippen molar-refractivity contribution in [1.82, 2.24) is 0 Å². The van der Waals surface area contributed by atoms with E-state index in [1.54, 1.807) is 6.92 Å². The molecular formula is C16H22O3. The van der Waals surface area contributed by atoms with Crippen molar-refractivity contribution in [2.75, 3.05) is 6.61 Å². The third-order valence-electron chi connectivity index (χ3n) is 2.92. The van der Waals surface area contributed by atoms with E-state index in [0.717, 1.165) is 30.6 Å². The minimum absolute atomic E-state index is 0.158. The van der Waals surface area contributed by atoms with Crippen LogP contribution < -0.4 is 4.74 Å². The van der Waals surface area contributed by atoms with Crippen LogP contribution >= 0.6 is 0 Å². The predicted molar refractivity (Wildman–Crippen MR) is 75.7 cm³/mol. The number of ketones is 2. The first-order valence-corrected chi connectivity index (χ1v) is 6.89. The van der Waals surface area contributed by atoms with Crippen LogP contribution in [0.3, 0.4) is 0 Å². The highest BCUT2D eigenvalue weighted by Crippen LogP contribution is 2.15. The van der Waals surface area contributed by atoms with Crippen molar-refractivity contribution in [1.29, 1.82) is 0 Å². The number of hydrogen-bond donors (Lipinski definition) is 0. The van der Waals surface area contributed by atoms with Gasteiger partial charge < -0.3 is 9.53 Å². The molecule has 0 heterocycles. The molecule has 1 rings (SSSR count). The van der Waals surface area contributed by atoms with Crippen LogP contribution in [0.15, 0.2) is 24.3 Å². The summed E-state index contributed by atoms with van der Waals surface area (Å²) in [7, 11) is 0. The second-order valence-electron chi connectivity index (χ2n) is 4.64. The first-order valence-electron chi connectivity index (χ1n) is 6.89. The molecule has 0 amide bonds. The van der Waals surface area contributed by atoms with E-state index in [0.29, 0.717) is 19.4 Å². The van der Waals surface area contributed by atoms with Crippen molar-refractivity contribution in [3.8, 4) is 5.75 Å². The highest BCUT2D eigenvalue weighted by atomic mass is 16.5. The number of rotatable bonds is 9. The molecule has 3 heteroatoms. The Hall–Kier alpha value is -1.64. The predicted octanol–water partition coefficient (Wildman–Crippen LogP) is 3.81. The van der Waals surface area contributed by atoms with Gasteiger partial charge in [-0.05, 0) is 51.0 Å². The molecule has 0 unspecified atom stereocenters. The lowest BCUT2D eigenvalue weighted by Gasteiger charge is -2.04. The van der Waals surface area contributed by atoms with Crippen molar-refractivity contribution in [2.45, 2.75) is 46.0 Å². The smallest absolute Gasteiger partial charge is 0.162 e. The number of ether oxygens (including phenoxy) is 1. The number of hydrogen-bond acceptors (Lipinski definition) is 3. The molecule has 0 N–H and O–H groups in total. The van der Waals surface area contributed by atoms with Gasteiger partial charge >= 0.3 is 0 Å². The van der Waals surface area contributed by atoms with E-state index in [9.17, 15) is 9.59 Å². The van der Waals surface area contributed by atoms with Crippen LogP contribution in [0.5, 0.6) is 5.75 Å². The van der Waals surface area contributed by atoms with Crippen molar-refractivity contribution in [3.05, 3.63) is 29.8 Å². The molecule has 0 aliphatic heterocycles. The van der Waals surface area contributed by atoms with E-state index in [1.807, 2.05) is 31.2 Å². The molecule has 0 fully saturated rings. The van der Waals surface area contributed by atoms with E-state index in [1.165, 1.54) is 0 Å². The van der Waals surface area contributed by atoms with E-state index >= 15 is 0 Å². The molecule has 1 aromatic carbocycles. The number of benzene rings is 1. The largest absolute Gasteiger partial charge is 0.494 e. The van der Waals surface area contributed by atoms with Gasteiger partial charge in [-0.3, -0.25) is 4.79 Å². The Labute approximate surface area is 115 Å². The van der Waals surface area contributed by atoms with Crippen LogP contribution in [0, 0.1) is 0 Å². The quantitative estimate of drug-likeness (QED) is 0.502. The Bertz CT molecular complexity index is 407. The third-order valence-corrected chi connectivity index (χ3v) is 2.92. The fourth-order valence-corrected chi connectivity index (χ4v) is 1.88. The molecule has 0 aliphatic carbocycles. The van der Waals surface area contributed by atoms with E-state index in [2.05, 4.69) is 0 Å². The maximum atomic E-state index is 11.9. The lowest BCUT2D eigenvalue weighted by Crippen LogP contribution is -2.00. The fourth-order valence-electron chi connectivity index (χ4n) is 1.88.